The molecule has 23 heavy (non-hydrogen) atoms. The molecule has 0 saturated carbocycles. The SMILES string of the molecule is CC[C@@H]([C@@H](C)OP(=O)(O)O)n1ncn(-c2ccc(C)cn2)c1=O. The smallest absolute Gasteiger partial charge is 0.303 e. The maximum absolute atomic E-state index is 12.5. The molecule has 0 fully saturated rings. The third-order valence-corrected chi connectivity index (χ3v) is 4.02. The lowest BCUT2D eigenvalue weighted by molar-refractivity contribution is 0.0962. The third kappa shape index (κ3) is 4.14. The van der Waals surface area contributed by atoms with Crippen molar-refractivity contribution in [3.8, 4) is 5.82 Å². The Morgan fingerprint density at radius 2 is 2.09 bits per heavy atom. The van der Waals surface area contributed by atoms with E-state index in [1.54, 1.807) is 19.2 Å². The van der Waals surface area contributed by atoms with Gasteiger partial charge in [0, 0.05) is 6.20 Å². The number of hydrogen-bond donors (Lipinski definition) is 2. The first kappa shape index (κ1) is 17.6. The van der Waals surface area contributed by atoms with Crippen LogP contribution in [0.1, 0.15) is 31.9 Å². The number of phosphoric ester groups is 1. The van der Waals surface area contributed by atoms with Crippen molar-refractivity contribution in [2.75, 3.05) is 0 Å². The summed E-state index contributed by atoms with van der Waals surface area (Å²) in [6.07, 6.45) is 2.50. The van der Waals surface area contributed by atoms with Gasteiger partial charge in [-0.05, 0) is 31.9 Å². The fraction of sp³-hybridized carbons (Fsp3) is 0.462. The zero-order valence-corrected chi connectivity index (χ0v) is 13.9. The van der Waals surface area contributed by atoms with Crippen molar-refractivity contribution in [1.29, 1.82) is 0 Å². The van der Waals surface area contributed by atoms with Gasteiger partial charge in [0.25, 0.3) is 0 Å². The van der Waals surface area contributed by atoms with E-state index in [4.69, 9.17) is 9.79 Å². The monoisotopic (exact) mass is 342 g/mol. The molecule has 2 rings (SSSR count). The van der Waals surface area contributed by atoms with Crippen LogP contribution >= 0.6 is 7.82 Å². The predicted octanol–water partition coefficient (Wildman–Crippen LogP) is 1.19. The molecule has 0 aliphatic heterocycles. The Kier molecular flexibility index (Phi) is 5.16. The van der Waals surface area contributed by atoms with Gasteiger partial charge in [0.15, 0.2) is 0 Å². The van der Waals surface area contributed by atoms with E-state index < -0.39 is 25.7 Å². The molecule has 126 valence electrons. The lowest BCUT2D eigenvalue weighted by atomic mass is 10.1. The highest BCUT2D eigenvalue weighted by Crippen LogP contribution is 2.40. The van der Waals surface area contributed by atoms with E-state index in [0.717, 1.165) is 10.2 Å². The van der Waals surface area contributed by atoms with E-state index in [-0.39, 0.29) is 0 Å². The number of rotatable bonds is 6. The first-order valence-corrected chi connectivity index (χ1v) is 8.59. The summed E-state index contributed by atoms with van der Waals surface area (Å²) >= 11 is 0. The molecule has 0 unspecified atom stereocenters. The number of pyridine rings is 1. The number of hydrogen-bond acceptors (Lipinski definition) is 5. The molecule has 2 heterocycles. The molecular formula is C13H19N4O5P. The van der Waals surface area contributed by atoms with E-state index in [1.165, 1.54) is 17.8 Å². The van der Waals surface area contributed by atoms with Crippen LogP contribution in [0.3, 0.4) is 0 Å². The quantitative estimate of drug-likeness (QED) is 0.757. The second-order valence-corrected chi connectivity index (χ2v) is 6.39. The summed E-state index contributed by atoms with van der Waals surface area (Å²) in [5, 5.41) is 4.03. The van der Waals surface area contributed by atoms with E-state index in [0.29, 0.717) is 12.2 Å². The first-order chi connectivity index (χ1) is 10.7. The molecule has 2 aromatic rings. The Bertz CT molecular complexity index is 763. The highest BCUT2D eigenvalue weighted by molar-refractivity contribution is 7.46. The molecule has 0 spiro atoms. The van der Waals surface area contributed by atoms with Crippen LogP contribution in [0, 0.1) is 6.92 Å². The molecule has 9 nitrogen and oxygen atoms in total. The summed E-state index contributed by atoms with van der Waals surface area (Å²) in [7, 11) is -4.64. The van der Waals surface area contributed by atoms with Crippen molar-refractivity contribution in [3.63, 3.8) is 0 Å². The third-order valence-electron chi connectivity index (χ3n) is 3.41. The van der Waals surface area contributed by atoms with Gasteiger partial charge in [-0.3, -0.25) is 4.52 Å². The molecule has 0 saturated heterocycles. The van der Waals surface area contributed by atoms with Crippen molar-refractivity contribution >= 4 is 7.82 Å². The molecule has 2 aromatic heterocycles. The molecule has 10 heteroatoms. The highest BCUT2D eigenvalue weighted by Gasteiger charge is 2.28. The van der Waals surface area contributed by atoms with E-state index in [9.17, 15) is 9.36 Å². The Balaban J connectivity index is 2.34. The van der Waals surface area contributed by atoms with Crippen LogP contribution in [0.5, 0.6) is 0 Å². The van der Waals surface area contributed by atoms with Gasteiger partial charge >= 0.3 is 13.5 Å². The second-order valence-electron chi connectivity index (χ2n) is 5.20. The molecule has 0 amide bonds. The van der Waals surface area contributed by atoms with Gasteiger partial charge in [0.1, 0.15) is 12.1 Å². The molecule has 0 aliphatic carbocycles. The number of nitrogens with zero attached hydrogens (tertiary/aromatic N) is 4. The summed E-state index contributed by atoms with van der Waals surface area (Å²) in [4.78, 5) is 34.5. The van der Waals surface area contributed by atoms with E-state index in [1.807, 2.05) is 13.0 Å². The van der Waals surface area contributed by atoms with Gasteiger partial charge in [0.05, 0.1) is 12.1 Å². The Morgan fingerprint density at radius 3 is 2.61 bits per heavy atom. The summed E-state index contributed by atoms with van der Waals surface area (Å²) in [6.45, 7) is 5.15. The standard InChI is InChI=1S/C13H19N4O5P/c1-4-11(10(3)22-23(19,20)21)17-13(18)16(8-15-17)12-6-5-9(2)7-14-12/h5-8,10-11H,4H2,1-3H3,(H2,19,20,21)/t10-,11+/m1/s1. The Morgan fingerprint density at radius 1 is 1.39 bits per heavy atom. The van der Waals surface area contributed by atoms with Crippen LogP contribution in [-0.2, 0) is 9.09 Å². The average Bonchev–Trinajstić information content (AvgIpc) is 2.81. The summed E-state index contributed by atoms with van der Waals surface area (Å²) in [6, 6.07) is 2.91. The summed E-state index contributed by atoms with van der Waals surface area (Å²) < 4.78 is 18.1. The van der Waals surface area contributed by atoms with Crippen LogP contribution < -0.4 is 5.69 Å². The van der Waals surface area contributed by atoms with Crippen LogP contribution in [0.15, 0.2) is 29.5 Å². The Labute approximate surface area is 132 Å². The maximum atomic E-state index is 12.5. The van der Waals surface area contributed by atoms with E-state index >= 15 is 0 Å². The Hall–Kier alpha value is -1.80. The lowest BCUT2D eigenvalue weighted by Crippen LogP contribution is -2.33. The van der Waals surface area contributed by atoms with Crippen molar-refractivity contribution < 1.29 is 18.9 Å². The van der Waals surface area contributed by atoms with Crippen molar-refractivity contribution in [2.24, 2.45) is 0 Å². The van der Waals surface area contributed by atoms with Gasteiger partial charge in [-0.1, -0.05) is 13.0 Å². The zero-order valence-electron chi connectivity index (χ0n) is 13.0. The van der Waals surface area contributed by atoms with Crippen LogP contribution in [0.25, 0.3) is 5.82 Å². The molecule has 2 atom stereocenters. The predicted molar refractivity (Wildman–Crippen MR) is 82.3 cm³/mol. The van der Waals surface area contributed by atoms with Crippen molar-refractivity contribution in [3.05, 3.63) is 40.7 Å². The fourth-order valence-electron chi connectivity index (χ4n) is 2.29. The van der Waals surface area contributed by atoms with Gasteiger partial charge < -0.3 is 9.79 Å². The van der Waals surface area contributed by atoms with Crippen molar-refractivity contribution in [2.45, 2.75) is 39.3 Å². The van der Waals surface area contributed by atoms with Crippen molar-refractivity contribution in [1.82, 2.24) is 19.3 Å². The molecule has 2 N–H and O–H groups in total. The molecule has 0 aromatic carbocycles. The van der Waals surface area contributed by atoms with Crippen LogP contribution in [-0.4, -0.2) is 35.2 Å². The topological polar surface area (TPSA) is 119 Å². The zero-order chi connectivity index (χ0) is 17.2. The van der Waals surface area contributed by atoms with Crippen LogP contribution in [0.2, 0.25) is 0 Å². The molecular weight excluding hydrogens is 323 g/mol. The molecule has 0 radical (unpaired) electrons. The maximum Gasteiger partial charge on any atom is 0.469 e. The minimum absolute atomic E-state index is 0.416. The summed E-state index contributed by atoms with van der Waals surface area (Å²) in [5.41, 5.74) is 0.513. The molecule has 0 aliphatic rings. The van der Waals surface area contributed by atoms with Gasteiger partial charge in [0.2, 0.25) is 0 Å². The largest absolute Gasteiger partial charge is 0.469 e. The van der Waals surface area contributed by atoms with Crippen LogP contribution in [0.4, 0.5) is 0 Å². The lowest BCUT2D eigenvalue weighted by Gasteiger charge is -2.22. The number of aromatic nitrogens is 4. The average molecular weight is 342 g/mol. The number of phosphoric acid groups is 1. The van der Waals surface area contributed by atoms with Gasteiger partial charge in [-0.25, -0.2) is 23.6 Å². The first-order valence-electron chi connectivity index (χ1n) is 7.06. The minimum atomic E-state index is -4.64. The normalized spacial score (nSPS) is 14.7. The van der Waals surface area contributed by atoms with Gasteiger partial charge in [-0.2, -0.15) is 5.10 Å². The second kappa shape index (κ2) is 6.76. The summed E-state index contributed by atoms with van der Waals surface area (Å²) in [5.74, 6) is 0.422. The minimum Gasteiger partial charge on any atom is -0.303 e. The highest BCUT2D eigenvalue weighted by atomic mass is 31.2. The fourth-order valence-corrected chi connectivity index (χ4v) is 2.87. The number of aryl methyl sites for hydroxylation is 1. The molecule has 0 bridgehead atoms. The van der Waals surface area contributed by atoms with Gasteiger partial charge in [-0.15, -0.1) is 0 Å². The van der Waals surface area contributed by atoms with E-state index in [2.05, 4.69) is 14.6 Å².